The molecule has 0 spiro atoms. The van der Waals surface area contributed by atoms with Crippen LogP contribution in [0, 0.1) is 0 Å². The Bertz CT molecular complexity index is 722. The van der Waals surface area contributed by atoms with E-state index < -0.39 is 17.6 Å². The Morgan fingerprint density at radius 2 is 1.71 bits per heavy atom. The standard InChI is InChI=1S/C20H23F3N2O3/c21-20(22,23)16-8-10-17(11-9-16)28-18(15-5-2-1-3-6-15)12-14-24-13-4-7-19(26)25-27/h1-3,5-6,8-11,18,24,27H,4,7,12-14H2,(H,25,26)/t18-/m1/s1. The van der Waals surface area contributed by atoms with Gasteiger partial charge < -0.3 is 10.1 Å². The summed E-state index contributed by atoms with van der Waals surface area (Å²) in [7, 11) is 0. The van der Waals surface area contributed by atoms with Crippen molar-refractivity contribution in [2.75, 3.05) is 13.1 Å². The summed E-state index contributed by atoms with van der Waals surface area (Å²) in [6.45, 7) is 1.19. The second kappa shape index (κ2) is 10.7. The fourth-order valence-electron chi connectivity index (χ4n) is 2.64. The first-order valence-electron chi connectivity index (χ1n) is 8.92. The number of carbonyl (C=O) groups excluding carboxylic acids is 1. The van der Waals surface area contributed by atoms with Gasteiger partial charge in [-0.1, -0.05) is 30.3 Å². The summed E-state index contributed by atoms with van der Waals surface area (Å²) in [5.74, 6) is -0.0731. The maximum absolute atomic E-state index is 12.7. The summed E-state index contributed by atoms with van der Waals surface area (Å²) in [6, 6.07) is 14.1. The quantitative estimate of drug-likeness (QED) is 0.321. The van der Waals surface area contributed by atoms with Crippen LogP contribution in [0.4, 0.5) is 13.2 Å². The lowest BCUT2D eigenvalue weighted by Gasteiger charge is -2.20. The number of rotatable bonds is 10. The molecule has 0 heterocycles. The summed E-state index contributed by atoms with van der Waals surface area (Å²) in [4.78, 5) is 10.9. The molecule has 2 rings (SSSR count). The fraction of sp³-hybridized carbons (Fsp3) is 0.350. The van der Waals surface area contributed by atoms with Crippen molar-refractivity contribution in [3.63, 3.8) is 0 Å². The molecule has 0 bridgehead atoms. The van der Waals surface area contributed by atoms with Crippen LogP contribution < -0.4 is 15.5 Å². The monoisotopic (exact) mass is 396 g/mol. The first-order chi connectivity index (χ1) is 13.4. The average molecular weight is 396 g/mol. The minimum absolute atomic E-state index is 0.216. The van der Waals surface area contributed by atoms with E-state index in [4.69, 9.17) is 9.94 Å². The van der Waals surface area contributed by atoms with Gasteiger partial charge in [-0.15, -0.1) is 0 Å². The summed E-state index contributed by atoms with van der Waals surface area (Å²) in [5.41, 5.74) is 1.78. The smallest absolute Gasteiger partial charge is 0.416 e. The molecule has 0 unspecified atom stereocenters. The number of hydrogen-bond donors (Lipinski definition) is 3. The van der Waals surface area contributed by atoms with Gasteiger partial charge >= 0.3 is 6.18 Å². The molecule has 8 heteroatoms. The molecule has 0 fully saturated rings. The van der Waals surface area contributed by atoms with Gasteiger partial charge in [0.05, 0.1) is 5.56 Å². The highest BCUT2D eigenvalue weighted by atomic mass is 19.4. The van der Waals surface area contributed by atoms with Gasteiger partial charge in [0.2, 0.25) is 5.91 Å². The maximum Gasteiger partial charge on any atom is 0.416 e. The number of amides is 1. The largest absolute Gasteiger partial charge is 0.486 e. The van der Waals surface area contributed by atoms with Crippen LogP contribution in [0.15, 0.2) is 54.6 Å². The minimum Gasteiger partial charge on any atom is -0.486 e. The molecule has 1 amide bonds. The zero-order chi connectivity index (χ0) is 20.4. The molecular weight excluding hydrogens is 373 g/mol. The molecule has 1 atom stereocenters. The Kier molecular flexibility index (Phi) is 8.28. The first kappa shape index (κ1) is 21.7. The third kappa shape index (κ3) is 7.21. The van der Waals surface area contributed by atoms with Crippen molar-refractivity contribution in [2.45, 2.75) is 31.5 Å². The first-order valence-corrected chi connectivity index (χ1v) is 8.92. The number of nitrogens with one attached hydrogen (secondary N) is 2. The van der Waals surface area contributed by atoms with Crippen LogP contribution in [0.25, 0.3) is 0 Å². The maximum atomic E-state index is 12.7. The highest BCUT2D eigenvalue weighted by Crippen LogP contribution is 2.31. The molecule has 2 aromatic rings. The highest BCUT2D eigenvalue weighted by molar-refractivity contribution is 5.74. The lowest BCUT2D eigenvalue weighted by Crippen LogP contribution is -2.23. The zero-order valence-corrected chi connectivity index (χ0v) is 15.2. The van der Waals surface area contributed by atoms with Gasteiger partial charge in [-0.05, 0) is 49.3 Å². The van der Waals surface area contributed by atoms with Gasteiger partial charge in [-0.2, -0.15) is 13.2 Å². The molecule has 28 heavy (non-hydrogen) atoms. The van der Waals surface area contributed by atoms with Crippen molar-refractivity contribution < 1.29 is 27.9 Å². The second-order valence-corrected chi connectivity index (χ2v) is 6.22. The van der Waals surface area contributed by atoms with Gasteiger partial charge in [-0.3, -0.25) is 10.0 Å². The Balaban J connectivity index is 1.92. The van der Waals surface area contributed by atoms with E-state index in [0.29, 0.717) is 31.7 Å². The van der Waals surface area contributed by atoms with Crippen LogP contribution in [0.2, 0.25) is 0 Å². The Hall–Kier alpha value is -2.58. The Labute approximate surface area is 161 Å². The number of alkyl halides is 3. The molecule has 0 aromatic heterocycles. The van der Waals surface area contributed by atoms with Crippen LogP contribution >= 0.6 is 0 Å². The van der Waals surface area contributed by atoms with Crippen molar-refractivity contribution in [1.29, 1.82) is 0 Å². The van der Waals surface area contributed by atoms with E-state index in [-0.39, 0.29) is 12.5 Å². The van der Waals surface area contributed by atoms with E-state index in [2.05, 4.69) is 5.32 Å². The van der Waals surface area contributed by atoms with E-state index in [9.17, 15) is 18.0 Å². The number of hydrogen-bond acceptors (Lipinski definition) is 4. The number of benzene rings is 2. The van der Waals surface area contributed by atoms with E-state index in [1.807, 2.05) is 30.3 Å². The van der Waals surface area contributed by atoms with Crippen LogP contribution in [-0.2, 0) is 11.0 Å². The van der Waals surface area contributed by atoms with Crippen molar-refractivity contribution >= 4 is 5.91 Å². The molecule has 152 valence electrons. The molecule has 0 saturated heterocycles. The van der Waals surface area contributed by atoms with E-state index in [0.717, 1.165) is 17.7 Å². The van der Waals surface area contributed by atoms with Crippen LogP contribution in [0.5, 0.6) is 5.75 Å². The van der Waals surface area contributed by atoms with Gasteiger partial charge in [-0.25, -0.2) is 5.48 Å². The van der Waals surface area contributed by atoms with E-state index >= 15 is 0 Å². The normalized spacial score (nSPS) is 12.4. The minimum atomic E-state index is -4.38. The molecule has 0 aliphatic carbocycles. The van der Waals surface area contributed by atoms with Crippen LogP contribution in [0.3, 0.4) is 0 Å². The van der Waals surface area contributed by atoms with Crippen molar-refractivity contribution in [3.05, 3.63) is 65.7 Å². The summed E-state index contributed by atoms with van der Waals surface area (Å²) in [5, 5.41) is 11.6. The molecule has 0 radical (unpaired) electrons. The van der Waals surface area contributed by atoms with Gasteiger partial charge in [0.1, 0.15) is 11.9 Å². The molecule has 5 nitrogen and oxygen atoms in total. The molecule has 3 N–H and O–H groups in total. The number of ether oxygens (including phenoxy) is 1. The number of halogens is 3. The van der Waals surface area contributed by atoms with Crippen LogP contribution in [0.1, 0.15) is 36.5 Å². The van der Waals surface area contributed by atoms with Crippen molar-refractivity contribution in [2.24, 2.45) is 0 Å². The predicted octanol–water partition coefficient (Wildman–Crippen LogP) is 4.09. The van der Waals surface area contributed by atoms with Crippen molar-refractivity contribution in [3.8, 4) is 5.75 Å². The number of hydroxylamine groups is 1. The van der Waals surface area contributed by atoms with Gasteiger partial charge in [0.15, 0.2) is 0 Å². The molecular formula is C20H23F3N2O3. The fourth-order valence-corrected chi connectivity index (χ4v) is 2.64. The summed E-state index contributed by atoms with van der Waals surface area (Å²) in [6.07, 6.45) is -3.33. The lowest BCUT2D eigenvalue weighted by atomic mass is 10.1. The molecule has 0 aliphatic heterocycles. The third-order valence-electron chi connectivity index (χ3n) is 4.10. The average Bonchev–Trinajstić information content (AvgIpc) is 2.69. The van der Waals surface area contributed by atoms with E-state index in [1.54, 1.807) is 5.48 Å². The van der Waals surface area contributed by atoms with E-state index in [1.165, 1.54) is 12.1 Å². The molecule has 0 aliphatic rings. The molecule has 0 saturated carbocycles. The lowest BCUT2D eigenvalue weighted by molar-refractivity contribution is -0.137. The predicted molar refractivity (Wildman–Crippen MR) is 97.9 cm³/mol. The van der Waals surface area contributed by atoms with Crippen LogP contribution in [-0.4, -0.2) is 24.2 Å². The van der Waals surface area contributed by atoms with Crippen molar-refractivity contribution in [1.82, 2.24) is 10.8 Å². The Morgan fingerprint density at radius 3 is 2.32 bits per heavy atom. The van der Waals surface area contributed by atoms with Gasteiger partial charge in [0, 0.05) is 12.8 Å². The summed E-state index contributed by atoms with van der Waals surface area (Å²) < 4.78 is 44.0. The Morgan fingerprint density at radius 1 is 1.04 bits per heavy atom. The topological polar surface area (TPSA) is 70.6 Å². The molecule has 2 aromatic carbocycles. The van der Waals surface area contributed by atoms with Gasteiger partial charge in [0.25, 0.3) is 0 Å². The second-order valence-electron chi connectivity index (χ2n) is 6.22. The zero-order valence-electron chi connectivity index (χ0n) is 15.2. The third-order valence-corrected chi connectivity index (χ3v) is 4.10. The number of carbonyl (C=O) groups is 1. The SMILES string of the molecule is O=C(CCCNCC[C@@H](Oc1ccc(C(F)(F)F)cc1)c1ccccc1)NO. The summed E-state index contributed by atoms with van der Waals surface area (Å²) >= 11 is 0. The highest BCUT2D eigenvalue weighted by Gasteiger charge is 2.30.